The van der Waals surface area contributed by atoms with Crippen LogP contribution in [0.2, 0.25) is 0 Å². The Morgan fingerprint density at radius 3 is 2.65 bits per heavy atom. The third kappa shape index (κ3) is 7.96. The Morgan fingerprint density at radius 1 is 1.19 bits per heavy atom. The molecule has 0 aromatic rings. The first-order valence-electron chi connectivity index (χ1n) is 9.57. The maximum Gasteiger partial charge on any atom is 0.225 e. The highest BCUT2D eigenvalue weighted by atomic mass is 127. The normalized spacial score (nSPS) is 20.9. The number of carbonyl (C=O) groups excluding carboxylic acids is 1. The van der Waals surface area contributed by atoms with Gasteiger partial charge in [-0.15, -0.1) is 24.0 Å². The zero-order valence-electron chi connectivity index (χ0n) is 16.2. The molecule has 7 nitrogen and oxygen atoms in total. The van der Waals surface area contributed by atoms with E-state index in [1.165, 1.54) is 12.8 Å². The van der Waals surface area contributed by atoms with Crippen LogP contribution < -0.4 is 10.6 Å². The lowest BCUT2D eigenvalue weighted by Gasteiger charge is -2.21. The number of hydrogen-bond donors (Lipinski definition) is 2. The third-order valence-corrected chi connectivity index (χ3v) is 4.96. The number of guanidine groups is 1. The number of nitrogens with zero attached hydrogens (tertiary/aromatic N) is 2. The molecule has 0 spiro atoms. The molecule has 1 atom stereocenters. The zero-order chi connectivity index (χ0) is 17.9. The van der Waals surface area contributed by atoms with E-state index >= 15 is 0 Å². The lowest BCUT2D eigenvalue weighted by atomic mass is 10.1. The summed E-state index contributed by atoms with van der Waals surface area (Å²) in [6, 6.07) is 0.287. The minimum absolute atomic E-state index is 0. The maximum atomic E-state index is 12.5. The molecule has 26 heavy (non-hydrogen) atoms. The summed E-state index contributed by atoms with van der Waals surface area (Å²) in [5.74, 6) is 1.43. The number of amides is 1. The third-order valence-electron chi connectivity index (χ3n) is 4.96. The number of halogens is 1. The first-order chi connectivity index (χ1) is 12.2. The molecule has 2 aliphatic rings. The molecule has 0 aromatic heterocycles. The van der Waals surface area contributed by atoms with E-state index < -0.39 is 0 Å². The van der Waals surface area contributed by atoms with E-state index in [4.69, 9.17) is 9.47 Å². The van der Waals surface area contributed by atoms with Gasteiger partial charge in [0.05, 0.1) is 13.2 Å². The van der Waals surface area contributed by atoms with Gasteiger partial charge in [-0.25, -0.2) is 0 Å². The van der Waals surface area contributed by atoms with Crippen LogP contribution >= 0.6 is 24.0 Å². The summed E-state index contributed by atoms with van der Waals surface area (Å²) < 4.78 is 10.4. The van der Waals surface area contributed by atoms with Crippen LogP contribution in [-0.2, 0) is 14.3 Å². The van der Waals surface area contributed by atoms with Crippen molar-refractivity contribution < 1.29 is 14.3 Å². The fourth-order valence-electron chi connectivity index (χ4n) is 3.52. The van der Waals surface area contributed by atoms with Gasteiger partial charge < -0.3 is 25.0 Å². The largest absolute Gasteiger partial charge is 0.382 e. The molecule has 1 heterocycles. The summed E-state index contributed by atoms with van der Waals surface area (Å²) in [4.78, 5) is 18.8. The van der Waals surface area contributed by atoms with E-state index in [1.54, 1.807) is 14.2 Å². The van der Waals surface area contributed by atoms with Crippen molar-refractivity contribution in [3.63, 3.8) is 0 Å². The minimum atomic E-state index is 0. The highest BCUT2D eigenvalue weighted by Gasteiger charge is 2.32. The highest BCUT2D eigenvalue weighted by Crippen LogP contribution is 2.27. The average molecular weight is 482 g/mol. The molecule has 1 aliphatic carbocycles. The standard InChI is InChI=1S/C18H34N4O3.HI/c1-19-18(20-9-5-11-25-13-12-24-2)21-16-8-10-22(14-16)17(23)15-6-3-4-7-15;/h15-16H,3-14H2,1-2H3,(H2,19,20,21);1H. The molecule has 0 aromatic carbocycles. The molecule has 1 saturated heterocycles. The van der Waals surface area contributed by atoms with Gasteiger partial charge in [-0.3, -0.25) is 9.79 Å². The average Bonchev–Trinajstić information content (AvgIpc) is 3.31. The molecule has 0 radical (unpaired) electrons. The van der Waals surface area contributed by atoms with Crippen molar-refractivity contribution in [2.75, 3.05) is 53.6 Å². The molecular formula is C18H35IN4O3. The van der Waals surface area contributed by atoms with Crippen LogP contribution in [0, 0.1) is 5.92 Å². The van der Waals surface area contributed by atoms with Crippen LogP contribution in [0.15, 0.2) is 4.99 Å². The second kappa shape index (κ2) is 13.5. The Morgan fingerprint density at radius 2 is 1.96 bits per heavy atom. The smallest absolute Gasteiger partial charge is 0.225 e. The van der Waals surface area contributed by atoms with Gasteiger partial charge in [0.25, 0.3) is 0 Å². The number of aliphatic imine (C=N–C) groups is 1. The van der Waals surface area contributed by atoms with Gasteiger partial charge in [-0.2, -0.15) is 0 Å². The first kappa shape index (κ1) is 23.4. The second-order valence-electron chi connectivity index (χ2n) is 6.85. The lowest BCUT2D eigenvalue weighted by molar-refractivity contribution is -0.134. The summed E-state index contributed by atoms with van der Waals surface area (Å²) in [6.07, 6.45) is 6.46. The monoisotopic (exact) mass is 482 g/mol. The van der Waals surface area contributed by atoms with Gasteiger partial charge in [-0.05, 0) is 25.7 Å². The van der Waals surface area contributed by atoms with Crippen LogP contribution in [0.1, 0.15) is 38.5 Å². The van der Waals surface area contributed by atoms with Crippen LogP contribution in [0.4, 0.5) is 0 Å². The van der Waals surface area contributed by atoms with Gasteiger partial charge in [0.2, 0.25) is 5.91 Å². The van der Waals surface area contributed by atoms with Crippen molar-refractivity contribution in [3.8, 4) is 0 Å². The molecule has 2 N–H and O–H groups in total. The summed E-state index contributed by atoms with van der Waals surface area (Å²) in [5, 5.41) is 6.75. The lowest BCUT2D eigenvalue weighted by Crippen LogP contribution is -2.45. The topological polar surface area (TPSA) is 75.2 Å². The minimum Gasteiger partial charge on any atom is -0.382 e. The number of hydrogen-bond acceptors (Lipinski definition) is 4. The first-order valence-corrected chi connectivity index (χ1v) is 9.57. The summed E-state index contributed by atoms with van der Waals surface area (Å²) in [5.41, 5.74) is 0. The van der Waals surface area contributed by atoms with Gasteiger partial charge in [-0.1, -0.05) is 12.8 Å². The second-order valence-corrected chi connectivity index (χ2v) is 6.85. The number of rotatable bonds is 9. The van der Waals surface area contributed by atoms with E-state index in [1.807, 2.05) is 4.90 Å². The molecule has 8 heteroatoms. The van der Waals surface area contributed by atoms with E-state index in [-0.39, 0.29) is 35.9 Å². The Labute approximate surface area is 174 Å². The molecular weight excluding hydrogens is 447 g/mol. The van der Waals surface area contributed by atoms with Gasteiger partial charge in [0.15, 0.2) is 5.96 Å². The van der Waals surface area contributed by atoms with Crippen LogP contribution in [0.25, 0.3) is 0 Å². The van der Waals surface area contributed by atoms with Gasteiger partial charge >= 0.3 is 0 Å². The number of ether oxygens (including phenoxy) is 2. The van der Waals surface area contributed by atoms with Crippen molar-refractivity contribution >= 4 is 35.8 Å². The van der Waals surface area contributed by atoms with Crippen molar-refractivity contribution in [1.29, 1.82) is 0 Å². The van der Waals surface area contributed by atoms with Crippen molar-refractivity contribution in [3.05, 3.63) is 0 Å². The van der Waals surface area contributed by atoms with Crippen molar-refractivity contribution in [2.24, 2.45) is 10.9 Å². The van der Waals surface area contributed by atoms with Gasteiger partial charge in [0.1, 0.15) is 0 Å². The summed E-state index contributed by atoms with van der Waals surface area (Å²) in [7, 11) is 3.45. The fraction of sp³-hybridized carbons (Fsp3) is 0.889. The molecule has 1 amide bonds. The summed E-state index contributed by atoms with van der Waals surface area (Å²) in [6.45, 7) is 4.43. The van der Waals surface area contributed by atoms with Crippen molar-refractivity contribution in [2.45, 2.75) is 44.6 Å². The van der Waals surface area contributed by atoms with Crippen LogP contribution in [0.3, 0.4) is 0 Å². The van der Waals surface area contributed by atoms with Crippen LogP contribution in [-0.4, -0.2) is 76.4 Å². The molecule has 1 saturated carbocycles. The molecule has 1 aliphatic heterocycles. The predicted octanol–water partition coefficient (Wildman–Crippen LogP) is 1.61. The molecule has 152 valence electrons. The number of methoxy groups -OCH3 is 1. The molecule has 1 unspecified atom stereocenters. The quantitative estimate of drug-likeness (QED) is 0.226. The maximum absolute atomic E-state index is 12.5. The number of likely N-dealkylation sites (tertiary alicyclic amines) is 1. The van der Waals surface area contributed by atoms with E-state index in [0.717, 1.165) is 51.3 Å². The fourth-order valence-corrected chi connectivity index (χ4v) is 3.52. The van der Waals surface area contributed by atoms with Gasteiger partial charge in [0, 0.05) is 52.4 Å². The molecule has 2 rings (SSSR count). The molecule has 0 bridgehead atoms. The van der Waals surface area contributed by atoms with E-state index in [9.17, 15) is 4.79 Å². The Bertz CT molecular complexity index is 431. The Kier molecular flexibility index (Phi) is 12.2. The van der Waals surface area contributed by atoms with E-state index in [2.05, 4.69) is 15.6 Å². The Balaban J connectivity index is 0.00000338. The zero-order valence-corrected chi connectivity index (χ0v) is 18.5. The van der Waals surface area contributed by atoms with Crippen LogP contribution in [0.5, 0.6) is 0 Å². The number of carbonyl (C=O) groups is 1. The molecule has 2 fully saturated rings. The summed E-state index contributed by atoms with van der Waals surface area (Å²) >= 11 is 0. The number of nitrogens with one attached hydrogen (secondary N) is 2. The van der Waals surface area contributed by atoms with E-state index in [0.29, 0.717) is 25.7 Å². The predicted molar refractivity (Wildman–Crippen MR) is 114 cm³/mol. The highest BCUT2D eigenvalue weighted by molar-refractivity contribution is 14.0. The van der Waals surface area contributed by atoms with Crippen molar-refractivity contribution in [1.82, 2.24) is 15.5 Å². The SMILES string of the molecule is CN=C(NCCCOCCOC)NC1CCN(C(=O)C2CCCC2)C1.I. The Hall–Kier alpha value is -0.610.